The average molecular weight is 437 g/mol. The summed E-state index contributed by atoms with van der Waals surface area (Å²) in [5.74, 6) is -2.43. The van der Waals surface area contributed by atoms with Crippen LogP contribution >= 0.6 is 0 Å². The highest BCUT2D eigenvalue weighted by Crippen LogP contribution is 2.52. The van der Waals surface area contributed by atoms with Crippen LogP contribution in [-0.4, -0.2) is 57.5 Å². The number of rotatable bonds is 5. The molecule has 4 amide bonds. The van der Waals surface area contributed by atoms with Gasteiger partial charge in [0, 0.05) is 6.54 Å². The number of fused-ring (bicyclic) bond motifs is 7. The summed E-state index contributed by atoms with van der Waals surface area (Å²) in [5.41, 5.74) is 0.938. The Bertz CT molecular complexity index is 996. The first-order valence-electron chi connectivity index (χ1n) is 11.1. The molecular weight excluding hydrogens is 414 g/mol. The predicted octanol–water partition coefficient (Wildman–Crippen LogP) is 1.65. The number of piperidine rings is 1. The van der Waals surface area contributed by atoms with Gasteiger partial charge in [0.05, 0.1) is 17.9 Å². The molecule has 0 aromatic heterocycles. The van der Waals surface area contributed by atoms with Crippen molar-refractivity contribution in [1.29, 1.82) is 0 Å². The molecule has 2 aliphatic carbocycles. The van der Waals surface area contributed by atoms with Crippen LogP contribution in [0.5, 0.6) is 0 Å². The summed E-state index contributed by atoms with van der Waals surface area (Å²) in [5, 5.41) is 1.99. The SMILES string of the molecule is O=C(ON1C(=O)C2C3C=C[C@H](C3)[C@H]2C1=O)[C@@H]1CC[C@@H]2CN1C(=O)N2OCc1ccccc1. The summed E-state index contributed by atoms with van der Waals surface area (Å²) < 4.78 is 0. The maximum atomic E-state index is 12.9. The summed E-state index contributed by atoms with van der Waals surface area (Å²) in [6.07, 6.45) is 5.72. The summed E-state index contributed by atoms with van der Waals surface area (Å²) >= 11 is 0. The van der Waals surface area contributed by atoms with Crippen LogP contribution in [-0.2, 0) is 30.7 Å². The molecule has 5 aliphatic rings. The zero-order valence-electron chi connectivity index (χ0n) is 17.3. The Morgan fingerprint density at radius 1 is 0.969 bits per heavy atom. The van der Waals surface area contributed by atoms with E-state index in [2.05, 4.69) is 0 Å². The Balaban J connectivity index is 1.11. The number of carbonyl (C=O) groups is 4. The van der Waals surface area contributed by atoms with Crippen molar-refractivity contribution in [3.05, 3.63) is 48.0 Å². The molecule has 1 saturated carbocycles. The van der Waals surface area contributed by atoms with Crippen molar-refractivity contribution in [1.82, 2.24) is 15.0 Å². The number of hydrogen-bond donors (Lipinski definition) is 0. The second kappa shape index (κ2) is 7.16. The Labute approximate surface area is 184 Å². The first kappa shape index (κ1) is 19.5. The number of benzene rings is 1. The van der Waals surface area contributed by atoms with E-state index < -0.39 is 41.7 Å². The third-order valence-electron chi connectivity index (χ3n) is 7.42. The van der Waals surface area contributed by atoms with Gasteiger partial charge in [-0.15, -0.1) is 5.06 Å². The smallest absolute Gasteiger partial charge is 0.328 e. The zero-order chi connectivity index (χ0) is 22.0. The molecule has 1 aromatic carbocycles. The molecule has 6 rings (SSSR count). The van der Waals surface area contributed by atoms with E-state index in [1.54, 1.807) is 0 Å². The van der Waals surface area contributed by atoms with Gasteiger partial charge in [0.1, 0.15) is 12.6 Å². The molecule has 3 saturated heterocycles. The van der Waals surface area contributed by atoms with Gasteiger partial charge >= 0.3 is 12.0 Å². The quantitative estimate of drug-likeness (QED) is 0.513. The van der Waals surface area contributed by atoms with Gasteiger partial charge in [-0.05, 0) is 36.7 Å². The van der Waals surface area contributed by atoms with E-state index in [4.69, 9.17) is 9.68 Å². The first-order chi connectivity index (χ1) is 15.5. The molecule has 3 heterocycles. The zero-order valence-corrected chi connectivity index (χ0v) is 17.3. The van der Waals surface area contributed by atoms with Crippen molar-refractivity contribution in [2.45, 2.75) is 38.0 Å². The summed E-state index contributed by atoms with van der Waals surface area (Å²) in [7, 11) is 0. The van der Waals surface area contributed by atoms with Crippen LogP contribution < -0.4 is 0 Å². The van der Waals surface area contributed by atoms with Crippen LogP contribution in [0.25, 0.3) is 0 Å². The maximum Gasteiger partial charge on any atom is 0.355 e. The van der Waals surface area contributed by atoms with E-state index in [9.17, 15) is 19.2 Å². The molecule has 0 N–H and O–H groups in total. The van der Waals surface area contributed by atoms with Gasteiger partial charge in [0.15, 0.2) is 0 Å². The number of urea groups is 1. The number of allylic oxidation sites excluding steroid dienone is 2. The first-order valence-corrected chi connectivity index (χ1v) is 11.1. The molecule has 4 bridgehead atoms. The fourth-order valence-corrected chi connectivity index (χ4v) is 5.88. The number of nitrogens with zero attached hydrogens (tertiary/aromatic N) is 3. The lowest BCUT2D eigenvalue weighted by molar-refractivity contribution is -0.202. The minimum absolute atomic E-state index is 0.0380. The van der Waals surface area contributed by atoms with Gasteiger partial charge in [-0.1, -0.05) is 42.5 Å². The van der Waals surface area contributed by atoms with Gasteiger partial charge in [-0.2, -0.15) is 5.06 Å². The van der Waals surface area contributed by atoms with Gasteiger partial charge in [0.2, 0.25) is 0 Å². The van der Waals surface area contributed by atoms with E-state index >= 15 is 0 Å². The molecule has 9 heteroatoms. The predicted molar refractivity (Wildman–Crippen MR) is 108 cm³/mol. The van der Waals surface area contributed by atoms with Gasteiger partial charge in [0.25, 0.3) is 11.8 Å². The maximum absolute atomic E-state index is 12.9. The highest BCUT2D eigenvalue weighted by molar-refractivity contribution is 6.06. The molecule has 2 unspecified atom stereocenters. The Hall–Kier alpha value is -3.20. The lowest BCUT2D eigenvalue weighted by Gasteiger charge is -2.29. The second-order valence-electron chi connectivity index (χ2n) is 9.15. The van der Waals surface area contributed by atoms with Crippen molar-refractivity contribution < 1.29 is 28.9 Å². The van der Waals surface area contributed by atoms with Crippen molar-refractivity contribution in [2.75, 3.05) is 6.54 Å². The summed E-state index contributed by atoms with van der Waals surface area (Å²) in [4.78, 5) is 63.9. The molecule has 0 radical (unpaired) electrons. The third kappa shape index (κ3) is 2.80. The average Bonchev–Trinajstić information content (AvgIpc) is 3.54. The lowest BCUT2D eigenvalue weighted by atomic mass is 9.85. The van der Waals surface area contributed by atoms with Crippen LogP contribution in [0.15, 0.2) is 42.5 Å². The monoisotopic (exact) mass is 437 g/mol. The molecule has 3 aliphatic heterocycles. The second-order valence-corrected chi connectivity index (χ2v) is 9.15. The van der Waals surface area contributed by atoms with Gasteiger partial charge in [-0.3, -0.25) is 14.4 Å². The van der Waals surface area contributed by atoms with Gasteiger partial charge < -0.3 is 9.74 Å². The highest BCUT2D eigenvalue weighted by atomic mass is 16.7. The van der Waals surface area contributed by atoms with Crippen LogP contribution in [0, 0.1) is 23.7 Å². The topological polar surface area (TPSA) is 96.5 Å². The number of hydrogen-bond acceptors (Lipinski definition) is 6. The lowest BCUT2D eigenvalue weighted by Crippen LogP contribution is -2.48. The molecular formula is C23H23N3O6. The van der Waals surface area contributed by atoms with Crippen molar-refractivity contribution in [2.24, 2.45) is 23.7 Å². The van der Waals surface area contributed by atoms with Crippen molar-refractivity contribution >= 4 is 23.8 Å². The largest absolute Gasteiger partial charge is 0.355 e. The molecule has 9 nitrogen and oxygen atoms in total. The molecule has 1 aromatic rings. The Kier molecular flexibility index (Phi) is 4.36. The number of imide groups is 1. The third-order valence-corrected chi connectivity index (χ3v) is 7.42. The molecule has 4 fully saturated rings. The molecule has 0 spiro atoms. The number of amides is 4. The number of hydroxylamine groups is 4. The highest BCUT2D eigenvalue weighted by Gasteiger charge is 2.61. The normalized spacial score (nSPS) is 34.6. The standard InChI is InChI=1S/C23H23N3O6/c27-20-18-14-6-7-15(10-14)19(18)21(28)26(20)32-22(29)17-9-8-16-11-24(17)23(30)25(16)31-12-13-4-2-1-3-5-13/h1-7,14-19H,8-12H2/t14-,15?,16-,17+,18-,19?/m1/s1. The fourth-order valence-electron chi connectivity index (χ4n) is 5.88. The number of carbonyl (C=O) groups excluding carboxylic acids is 4. The Morgan fingerprint density at radius 2 is 1.66 bits per heavy atom. The summed E-state index contributed by atoms with van der Waals surface area (Å²) in [6.45, 7) is 0.594. The van der Waals surface area contributed by atoms with Crippen molar-refractivity contribution in [3.63, 3.8) is 0 Å². The minimum atomic E-state index is -0.847. The van der Waals surface area contributed by atoms with E-state index in [-0.39, 0.29) is 24.5 Å². The van der Waals surface area contributed by atoms with Crippen LogP contribution in [0.3, 0.4) is 0 Å². The van der Waals surface area contributed by atoms with E-state index in [1.165, 1.54) is 9.96 Å². The molecule has 32 heavy (non-hydrogen) atoms. The van der Waals surface area contributed by atoms with Crippen molar-refractivity contribution in [3.8, 4) is 0 Å². The molecule has 166 valence electrons. The van der Waals surface area contributed by atoms with Crippen LogP contribution in [0.1, 0.15) is 24.8 Å². The van der Waals surface area contributed by atoms with Crippen LogP contribution in [0.2, 0.25) is 0 Å². The van der Waals surface area contributed by atoms with Gasteiger partial charge in [-0.25, -0.2) is 9.59 Å². The van der Waals surface area contributed by atoms with Crippen LogP contribution in [0.4, 0.5) is 4.79 Å². The minimum Gasteiger partial charge on any atom is -0.328 e. The summed E-state index contributed by atoms with van der Waals surface area (Å²) in [6, 6.07) is 8.13. The van der Waals surface area contributed by atoms with E-state index in [0.717, 1.165) is 12.0 Å². The van der Waals surface area contributed by atoms with E-state index in [1.807, 2.05) is 42.5 Å². The van der Waals surface area contributed by atoms with E-state index in [0.29, 0.717) is 24.4 Å². The Morgan fingerprint density at radius 3 is 2.34 bits per heavy atom. The fraction of sp³-hybridized carbons (Fsp3) is 0.478. The molecule has 6 atom stereocenters.